The first-order valence-electron chi connectivity index (χ1n) is 8.37. The van der Waals surface area contributed by atoms with Gasteiger partial charge in [0, 0.05) is 18.1 Å². The van der Waals surface area contributed by atoms with Gasteiger partial charge in [0.25, 0.3) is 11.5 Å². The number of fused-ring (bicyclic) bond motifs is 1. The fraction of sp³-hybridized carbons (Fsp3) is 0.211. The lowest BCUT2D eigenvalue weighted by Crippen LogP contribution is -2.29. The third kappa shape index (κ3) is 3.51. The molecule has 0 fully saturated rings. The van der Waals surface area contributed by atoms with Crippen molar-refractivity contribution in [1.82, 2.24) is 20.2 Å². The van der Waals surface area contributed by atoms with E-state index in [1.54, 1.807) is 43.5 Å². The van der Waals surface area contributed by atoms with Crippen molar-refractivity contribution < 1.29 is 4.79 Å². The minimum atomic E-state index is -0.471. The van der Waals surface area contributed by atoms with Crippen LogP contribution in [0.4, 0.5) is 0 Å². The molecule has 1 amide bonds. The van der Waals surface area contributed by atoms with Crippen LogP contribution in [0.25, 0.3) is 10.8 Å². The van der Waals surface area contributed by atoms with Crippen LogP contribution in [0, 0.1) is 0 Å². The van der Waals surface area contributed by atoms with E-state index in [1.165, 1.54) is 4.68 Å². The molecule has 7 heteroatoms. The van der Waals surface area contributed by atoms with E-state index in [9.17, 15) is 9.59 Å². The maximum absolute atomic E-state index is 12.6. The maximum Gasteiger partial charge on any atom is 0.292 e. The van der Waals surface area contributed by atoms with E-state index in [-0.39, 0.29) is 11.3 Å². The summed E-state index contributed by atoms with van der Waals surface area (Å²) in [6.45, 7) is 4.15. The summed E-state index contributed by atoms with van der Waals surface area (Å²) >= 11 is 0. The van der Waals surface area contributed by atoms with Crippen LogP contribution in [-0.2, 0) is 6.54 Å². The molecule has 0 unspecified atom stereocenters. The molecular weight excluding hydrogens is 330 g/mol. The molecule has 0 spiro atoms. The molecule has 26 heavy (non-hydrogen) atoms. The highest BCUT2D eigenvalue weighted by atomic mass is 16.2. The third-order valence-electron chi connectivity index (χ3n) is 3.88. The van der Waals surface area contributed by atoms with E-state index in [0.717, 1.165) is 6.42 Å². The van der Waals surface area contributed by atoms with Crippen LogP contribution in [-0.4, -0.2) is 26.4 Å². The summed E-state index contributed by atoms with van der Waals surface area (Å²) in [6, 6.07) is 12.4. The van der Waals surface area contributed by atoms with Crippen LogP contribution >= 0.6 is 0 Å². The number of pyridine rings is 1. The minimum absolute atomic E-state index is 0.172. The molecular formula is C19H19N5O2. The number of carbonyl (C=O) groups is 1. The molecule has 2 aromatic heterocycles. The molecule has 0 aliphatic carbocycles. The van der Waals surface area contributed by atoms with Gasteiger partial charge < -0.3 is 0 Å². The summed E-state index contributed by atoms with van der Waals surface area (Å²) in [5.74, 6) is -0.471. The molecule has 3 aromatic rings. The summed E-state index contributed by atoms with van der Waals surface area (Å²) in [6.07, 6.45) is 2.40. The summed E-state index contributed by atoms with van der Waals surface area (Å²) in [4.78, 5) is 29.3. The highest BCUT2D eigenvalue weighted by Crippen LogP contribution is 2.13. The zero-order valence-electron chi connectivity index (χ0n) is 14.6. The Labute approximate surface area is 150 Å². The summed E-state index contributed by atoms with van der Waals surface area (Å²) in [5.41, 5.74) is 3.72. The molecule has 1 aromatic carbocycles. The van der Waals surface area contributed by atoms with Crippen LogP contribution in [0.2, 0.25) is 0 Å². The zero-order chi connectivity index (χ0) is 18.5. The number of amides is 1. The van der Waals surface area contributed by atoms with Crippen molar-refractivity contribution in [2.45, 2.75) is 26.8 Å². The number of nitrogens with zero attached hydrogens (tertiary/aromatic N) is 4. The SMILES string of the molecule is CCCn1nc(C(=O)N/N=C(/C)c2ccccn2)c2ccccc2c1=O. The highest BCUT2D eigenvalue weighted by Gasteiger charge is 2.16. The molecule has 1 N–H and O–H groups in total. The van der Waals surface area contributed by atoms with Crippen LogP contribution in [0.3, 0.4) is 0 Å². The normalized spacial score (nSPS) is 11.5. The summed E-state index contributed by atoms with van der Waals surface area (Å²) < 4.78 is 1.33. The molecule has 7 nitrogen and oxygen atoms in total. The van der Waals surface area contributed by atoms with Gasteiger partial charge in [0.05, 0.1) is 16.8 Å². The molecule has 0 radical (unpaired) electrons. The van der Waals surface area contributed by atoms with Crippen molar-refractivity contribution >= 4 is 22.4 Å². The van der Waals surface area contributed by atoms with E-state index in [1.807, 2.05) is 19.1 Å². The Bertz CT molecular complexity index is 1030. The number of benzene rings is 1. The standard InChI is InChI=1S/C19H19N5O2/c1-3-12-24-19(26)15-9-5-4-8-14(15)17(23-24)18(25)22-21-13(2)16-10-6-7-11-20-16/h4-11H,3,12H2,1-2H3,(H,22,25)/b21-13-. The molecule has 0 saturated carbocycles. The van der Waals surface area contributed by atoms with Crippen molar-refractivity contribution in [3.05, 3.63) is 70.4 Å². The van der Waals surface area contributed by atoms with Gasteiger partial charge in [0.15, 0.2) is 5.69 Å². The van der Waals surface area contributed by atoms with Gasteiger partial charge in [-0.15, -0.1) is 0 Å². The predicted molar refractivity (Wildman–Crippen MR) is 100 cm³/mol. The Morgan fingerprint density at radius 1 is 1.15 bits per heavy atom. The van der Waals surface area contributed by atoms with Crippen molar-refractivity contribution in [1.29, 1.82) is 0 Å². The molecule has 0 saturated heterocycles. The zero-order valence-corrected chi connectivity index (χ0v) is 14.6. The van der Waals surface area contributed by atoms with Crippen LogP contribution in [0.5, 0.6) is 0 Å². The maximum atomic E-state index is 12.6. The monoisotopic (exact) mass is 349 g/mol. The van der Waals surface area contributed by atoms with Gasteiger partial charge in [-0.1, -0.05) is 31.2 Å². The van der Waals surface area contributed by atoms with E-state index >= 15 is 0 Å². The fourth-order valence-corrected chi connectivity index (χ4v) is 2.59. The first kappa shape index (κ1) is 17.5. The Morgan fingerprint density at radius 3 is 2.58 bits per heavy atom. The Balaban J connectivity index is 1.98. The second kappa shape index (κ2) is 7.69. The summed E-state index contributed by atoms with van der Waals surface area (Å²) in [7, 11) is 0. The first-order chi connectivity index (χ1) is 12.6. The van der Waals surface area contributed by atoms with Crippen molar-refractivity contribution in [3.8, 4) is 0 Å². The molecule has 0 bridgehead atoms. The van der Waals surface area contributed by atoms with Crippen molar-refractivity contribution in [2.75, 3.05) is 0 Å². The lowest BCUT2D eigenvalue weighted by atomic mass is 10.1. The van der Waals surface area contributed by atoms with E-state index in [4.69, 9.17) is 0 Å². The summed E-state index contributed by atoms with van der Waals surface area (Å²) in [5, 5.41) is 9.32. The number of carbonyl (C=O) groups excluding carboxylic acids is 1. The van der Waals surface area contributed by atoms with Crippen molar-refractivity contribution in [2.24, 2.45) is 5.10 Å². The molecule has 2 heterocycles. The molecule has 0 atom stereocenters. The Hall–Kier alpha value is -3.35. The molecule has 132 valence electrons. The predicted octanol–water partition coefficient (Wildman–Crippen LogP) is 2.36. The number of aryl methyl sites for hydroxylation is 1. The quantitative estimate of drug-likeness (QED) is 0.566. The average molecular weight is 349 g/mol. The van der Waals surface area contributed by atoms with Gasteiger partial charge in [-0.2, -0.15) is 10.2 Å². The smallest absolute Gasteiger partial charge is 0.267 e. The number of aromatic nitrogens is 3. The number of rotatable bonds is 5. The van der Waals surface area contributed by atoms with E-state index in [2.05, 4.69) is 20.6 Å². The average Bonchev–Trinajstić information content (AvgIpc) is 2.69. The Kier molecular flexibility index (Phi) is 5.17. The second-order valence-electron chi connectivity index (χ2n) is 5.78. The first-order valence-corrected chi connectivity index (χ1v) is 8.37. The van der Waals surface area contributed by atoms with Crippen molar-refractivity contribution in [3.63, 3.8) is 0 Å². The van der Waals surface area contributed by atoms with Gasteiger partial charge in [0.2, 0.25) is 0 Å². The number of hydrazone groups is 1. The topological polar surface area (TPSA) is 89.2 Å². The van der Waals surface area contributed by atoms with Crippen LogP contribution in [0.1, 0.15) is 36.5 Å². The fourth-order valence-electron chi connectivity index (χ4n) is 2.59. The third-order valence-corrected chi connectivity index (χ3v) is 3.88. The van der Waals surface area contributed by atoms with Gasteiger partial charge >= 0.3 is 0 Å². The molecule has 3 rings (SSSR count). The lowest BCUT2D eigenvalue weighted by Gasteiger charge is -2.09. The minimum Gasteiger partial charge on any atom is -0.267 e. The lowest BCUT2D eigenvalue weighted by molar-refractivity contribution is 0.0949. The Morgan fingerprint density at radius 2 is 1.88 bits per heavy atom. The number of hydrogen-bond donors (Lipinski definition) is 1. The van der Waals surface area contributed by atoms with Crippen LogP contribution in [0.15, 0.2) is 58.6 Å². The second-order valence-corrected chi connectivity index (χ2v) is 5.78. The molecule has 0 aliphatic rings. The highest BCUT2D eigenvalue weighted by molar-refractivity contribution is 6.05. The number of hydrogen-bond acceptors (Lipinski definition) is 5. The van der Waals surface area contributed by atoms with Gasteiger partial charge in [-0.05, 0) is 31.5 Å². The van der Waals surface area contributed by atoms with Crippen LogP contribution < -0.4 is 11.0 Å². The van der Waals surface area contributed by atoms with Gasteiger partial charge in [0.1, 0.15) is 0 Å². The number of nitrogens with one attached hydrogen (secondary N) is 1. The van der Waals surface area contributed by atoms with Gasteiger partial charge in [-0.25, -0.2) is 10.1 Å². The molecule has 0 aliphatic heterocycles. The van der Waals surface area contributed by atoms with Gasteiger partial charge in [-0.3, -0.25) is 14.6 Å². The van der Waals surface area contributed by atoms with E-state index in [0.29, 0.717) is 28.7 Å². The van der Waals surface area contributed by atoms with E-state index < -0.39 is 5.91 Å². The largest absolute Gasteiger partial charge is 0.292 e.